The first-order chi connectivity index (χ1) is 14.0. The number of aromatic nitrogens is 3. The smallest absolute Gasteiger partial charge is 0.263 e. The van der Waals surface area contributed by atoms with Gasteiger partial charge < -0.3 is 19.5 Å². The average molecular weight is 404 g/mol. The van der Waals surface area contributed by atoms with Crippen LogP contribution in [0.5, 0.6) is 0 Å². The van der Waals surface area contributed by atoms with Gasteiger partial charge in [0.25, 0.3) is 5.71 Å². The van der Waals surface area contributed by atoms with E-state index in [0.717, 1.165) is 36.4 Å². The fourth-order valence-electron chi connectivity index (χ4n) is 4.05. The lowest BCUT2D eigenvalue weighted by Crippen LogP contribution is -2.39. The highest BCUT2D eigenvalue weighted by Crippen LogP contribution is 2.31. The number of piperidine rings is 1. The summed E-state index contributed by atoms with van der Waals surface area (Å²) in [4.78, 5) is 23.8. The minimum atomic E-state index is 0.000660. The average Bonchev–Trinajstić information content (AvgIpc) is 3.06. The third kappa shape index (κ3) is 5.65. The molecule has 0 aliphatic carbocycles. The van der Waals surface area contributed by atoms with Gasteiger partial charge in [0.2, 0.25) is 5.91 Å². The number of carbonyl (C=O) groups is 1. The van der Waals surface area contributed by atoms with Crippen LogP contribution in [0.25, 0.3) is 11.1 Å². The summed E-state index contributed by atoms with van der Waals surface area (Å²) in [5.41, 5.74) is 1.31. The lowest BCUT2D eigenvalue weighted by atomic mass is 9.92. The van der Waals surface area contributed by atoms with Crippen molar-refractivity contribution in [2.24, 2.45) is 11.8 Å². The van der Waals surface area contributed by atoms with Crippen LogP contribution in [0.2, 0.25) is 0 Å². The van der Waals surface area contributed by atoms with Gasteiger partial charge >= 0.3 is 0 Å². The molecule has 3 heterocycles. The van der Waals surface area contributed by atoms with Crippen molar-refractivity contribution >= 4 is 22.8 Å². The largest absolute Gasteiger partial charge is 0.382 e. The van der Waals surface area contributed by atoms with E-state index in [2.05, 4.69) is 34.2 Å². The molecule has 29 heavy (non-hydrogen) atoms. The Morgan fingerprint density at radius 1 is 1.28 bits per heavy atom. The van der Waals surface area contributed by atoms with Crippen LogP contribution < -0.4 is 10.2 Å². The van der Waals surface area contributed by atoms with Gasteiger partial charge in [0.1, 0.15) is 17.0 Å². The first-order valence-corrected chi connectivity index (χ1v) is 10.7. The van der Waals surface area contributed by atoms with E-state index in [1.165, 1.54) is 6.42 Å². The van der Waals surface area contributed by atoms with Crippen molar-refractivity contribution in [3.8, 4) is 0 Å². The van der Waals surface area contributed by atoms with Crippen molar-refractivity contribution < 1.29 is 14.1 Å². The van der Waals surface area contributed by atoms with Gasteiger partial charge in [-0.2, -0.15) is 4.98 Å². The number of anilines is 1. The lowest BCUT2D eigenvalue weighted by Gasteiger charge is -2.36. The van der Waals surface area contributed by atoms with Gasteiger partial charge in [-0.3, -0.25) is 4.79 Å². The van der Waals surface area contributed by atoms with Gasteiger partial charge in [-0.1, -0.05) is 19.0 Å². The van der Waals surface area contributed by atoms with Crippen molar-refractivity contribution in [2.45, 2.75) is 53.4 Å². The highest BCUT2D eigenvalue weighted by atomic mass is 16.5. The van der Waals surface area contributed by atoms with Crippen LogP contribution >= 0.6 is 0 Å². The van der Waals surface area contributed by atoms with E-state index in [0.29, 0.717) is 56.0 Å². The second-order valence-electron chi connectivity index (χ2n) is 8.16. The fourth-order valence-corrected chi connectivity index (χ4v) is 4.05. The summed E-state index contributed by atoms with van der Waals surface area (Å²) in [5, 5.41) is 7.90. The molecule has 160 valence electrons. The van der Waals surface area contributed by atoms with Crippen LogP contribution in [0.3, 0.4) is 0 Å². The standard InChI is InChI=1S/C21H33N5O3/c1-5-28-10-6-9-22-18(27)8-7-17-23-20(19-16(4)25-29-21(19)24-17)26-12-14(2)11-15(3)13-26/h14-15H,5-13H2,1-4H3,(H,22,27)/t14-,15-/m1/s1. The first-order valence-electron chi connectivity index (χ1n) is 10.7. The molecule has 1 amide bonds. The third-order valence-electron chi connectivity index (χ3n) is 5.27. The summed E-state index contributed by atoms with van der Waals surface area (Å²) in [6.07, 6.45) is 2.86. The molecule has 8 heteroatoms. The number of carbonyl (C=O) groups excluding carboxylic acids is 1. The number of nitrogens with one attached hydrogen (secondary N) is 1. The molecule has 1 fully saturated rings. The Labute approximate surface area is 172 Å². The normalized spacial score (nSPS) is 19.7. The molecule has 2 aromatic heterocycles. The number of ether oxygens (including phenoxy) is 1. The Hall–Kier alpha value is -2.22. The maximum atomic E-state index is 12.1. The molecule has 1 aliphatic heterocycles. The monoisotopic (exact) mass is 403 g/mol. The number of fused-ring (bicyclic) bond motifs is 1. The molecule has 1 aliphatic rings. The Kier molecular flexibility index (Phi) is 7.41. The van der Waals surface area contributed by atoms with E-state index < -0.39 is 0 Å². The zero-order chi connectivity index (χ0) is 20.8. The van der Waals surface area contributed by atoms with E-state index in [1.54, 1.807) is 0 Å². The van der Waals surface area contributed by atoms with E-state index in [4.69, 9.17) is 14.2 Å². The molecule has 1 N–H and O–H groups in total. The second-order valence-corrected chi connectivity index (χ2v) is 8.16. The number of amides is 1. The summed E-state index contributed by atoms with van der Waals surface area (Å²) < 4.78 is 10.7. The van der Waals surface area contributed by atoms with Crippen LogP contribution in [0.15, 0.2) is 4.52 Å². The zero-order valence-corrected chi connectivity index (χ0v) is 18.0. The molecule has 8 nitrogen and oxygen atoms in total. The van der Waals surface area contributed by atoms with Gasteiger partial charge in [-0.15, -0.1) is 0 Å². The summed E-state index contributed by atoms with van der Waals surface area (Å²) in [6, 6.07) is 0. The minimum Gasteiger partial charge on any atom is -0.382 e. The predicted octanol–water partition coefficient (Wildman–Crippen LogP) is 2.88. The number of hydrogen-bond acceptors (Lipinski definition) is 7. The Bertz CT molecular complexity index is 812. The van der Waals surface area contributed by atoms with E-state index >= 15 is 0 Å². The van der Waals surface area contributed by atoms with Gasteiger partial charge in [-0.25, -0.2) is 4.98 Å². The lowest BCUT2D eigenvalue weighted by molar-refractivity contribution is -0.121. The number of hydrogen-bond donors (Lipinski definition) is 1. The van der Waals surface area contributed by atoms with Crippen molar-refractivity contribution in [3.05, 3.63) is 11.5 Å². The van der Waals surface area contributed by atoms with Crippen LogP contribution in [0, 0.1) is 18.8 Å². The minimum absolute atomic E-state index is 0.000660. The maximum absolute atomic E-state index is 12.1. The highest BCUT2D eigenvalue weighted by Gasteiger charge is 2.27. The molecular weight excluding hydrogens is 370 g/mol. The maximum Gasteiger partial charge on any atom is 0.263 e. The molecular formula is C21H33N5O3. The van der Waals surface area contributed by atoms with Crippen molar-refractivity contribution in [2.75, 3.05) is 37.7 Å². The van der Waals surface area contributed by atoms with E-state index in [1.807, 2.05) is 13.8 Å². The zero-order valence-electron chi connectivity index (χ0n) is 18.0. The molecule has 0 saturated carbocycles. The second kappa shape index (κ2) is 10.0. The van der Waals surface area contributed by atoms with Crippen LogP contribution in [0.4, 0.5) is 5.82 Å². The van der Waals surface area contributed by atoms with Crippen LogP contribution in [-0.4, -0.2) is 53.9 Å². The number of nitrogens with zero attached hydrogens (tertiary/aromatic N) is 4. The molecule has 0 spiro atoms. The van der Waals surface area contributed by atoms with Crippen molar-refractivity contribution in [1.29, 1.82) is 0 Å². The van der Waals surface area contributed by atoms with Crippen LogP contribution in [0.1, 0.15) is 51.6 Å². The highest BCUT2D eigenvalue weighted by molar-refractivity contribution is 5.88. The van der Waals surface area contributed by atoms with E-state index in [-0.39, 0.29) is 5.91 Å². The number of aryl methyl sites for hydroxylation is 2. The molecule has 0 radical (unpaired) electrons. The van der Waals surface area contributed by atoms with Crippen LogP contribution in [-0.2, 0) is 16.0 Å². The first kappa shape index (κ1) is 21.5. The summed E-state index contributed by atoms with van der Waals surface area (Å²) >= 11 is 0. The Morgan fingerprint density at radius 2 is 2.03 bits per heavy atom. The Morgan fingerprint density at radius 3 is 2.76 bits per heavy atom. The molecule has 0 aromatic carbocycles. The van der Waals surface area contributed by atoms with Gasteiger partial charge in [0.15, 0.2) is 0 Å². The fraction of sp³-hybridized carbons (Fsp3) is 0.714. The van der Waals surface area contributed by atoms with E-state index in [9.17, 15) is 4.79 Å². The van der Waals surface area contributed by atoms with Crippen molar-refractivity contribution in [3.63, 3.8) is 0 Å². The summed E-state index contributed by atoms with van der Waals surface area (Å²) in [6.45, 7) is 12.3. The molecule has 1 saturated heterocycles. The van der Waals surface area contributed by atoms with Crippen molar-refractivity contribution in [1.82, 2.24) is 20.4 Å². The Balaban J connectivity index is 1.68. The molecule has 2 aromatic rings. The molecule has 0 unspecified atom stereocenters. The SMILES string of the molecule is CCOCCCNC(=O)CCc1nc(N2C[C@H](C)C[C@@H](C)C2)c2c(C)noc2n1. The summed E-state index contributed by atoms with van der Waals surface area (Å²) in [5.74, 6) is 2.73. The van der Waals surface area contributed by atoms with Gasteiger partial charge in [-0.05, 0) is 38.5 Å². The third-order valence-corrected chi connectivity index (χ3v) is 5.27. The molecule has 3 rings (SSSR count). The van der Waals surface area contributed by atoms with Gasteiger partial charge in [0, 0.05) is 45.7 Å². The molecule has 2 atom stereocenters. The topological polar surface area (TPSA) is 93.4 Å². The quantitative estimate of drug-likeness (QED) is 0.644. The number of rotatable bonds is 9. The summed E-state index contributed by atoms with van der Waals surface area (Å²) in [7, 11) is 0. The van der Waals surface area contributed by atoms with Gasteiger partial charge in [0.05, 0.1) is 5.69 Å². The predicted molar refractivity (Wildman–Crippen MR) is 112 cm³/mol. The molecule has 0 bridgehead atoms.